The van der Waals surface area contributed by atoms with E-state index in [1.807, 2.05) is 83.1 Å². The molecule has 1 atom stereocenters. The van der Waals surface area contributed by atoms with E-state index in [1.165, 1.54) is 0 Å². The van der Waals surface area contributed by atoms with Gasteiger partial charge in [0.15, 0.2) is 0 Å². The van der Waals surface area contributed by atoms with E-state index >= 15 is 0 Å². The highest BCUT2D eigenvalue weighted by Gasteiger charge is 2.30. The molecule has 4 heteroatoms. The number of rotatable bonds is 8. The van der Waals surface area contributed by atoms with Crippen molar-refractivity contribution in [3.63, 3.8) is 0 Å². The molecule has 0 saturated carbocycles. The Morgan fingerprint density at radius 1 is 1.00 bits per heavy atom. The van der Waals surface area contributed by atoms with Gasteiger partial charge in [-0.25, -0.2) is 0 Å². The zero-order valence-electron chi connectivity index (χ0n) is 18.4. The number of nitrogens with zero attached hydrogens (tertiary/aromatic N) is 1. The third kappa shape index (κ3) is 7.37. The first kappa shape index (κ1) is 22.7. The molecular formula is C25H34N2O2. The molecule has 0 radical (unpaired) electrons. The minimum absolute atomic E-state index is 0.00580. The van der Waals surface area contributed by atoms with Crippen LogP contribution in [-0.4, -0.2) is 28.3 Å². The van der Waals surface area contributed by atoms with Crippen molar-refractivity contribution in [1.82, 2.24) is 10.2 Å². The fourth-order valence-electron chi connectivity index (χ4n) is 3.42. The molecule has 0 bridgehead atoms. The largest absolute Gasteiger partial charge is 0.350 e. The van der Waals surface area contributed by atoms with Gasteiger partial charge in [-0.05, 0) is 51.7 Å². The zero-order chi connectivity index (χ0) is 21.4. The van der Waals surface area contributed by atoms with Crippen molar-refractivity contribution in [2.24, 2.45) is 0 Å². The van der Waals surface area contributed by atoms with Crippen molar-refractivity contribution in [2.45, 2.75) is 72.0 Å². The topological polar surface area (TPSA) is 49.4 Å². The molecule has 29 heavy (non-hydrogen) atoms. The van der Waals surface area contributed by atoms with Crippen molar-refractivity contribution in [2.75, 3.05) is 0 Å². The molecular weight excluding hydrogens is 360 g/mol. The van der Waals surface area contributed by atoms with E-state index in [1.54, 1.807) is 4.90 Å². The molecule has 1 N–H and O–H groups in total. The average molecular weight is 395 g/mol. The van der Waals surface area contributed by atoms with Crippen LogP contribution in [0.4, 0.5) is 0 Å². The molecule has 0 aliphatic heterocycles. The molecule has 0 unspecified atom stereocenters. The Hall–Kier alpha value is -2.62. The molecule has 0 aliphatic rings. The highest BCUT2D eigenvalue weighted by atomic mass is 16.2. The van der Waals surface area contributed by atoms with Crippen LogP contribution < -0.4 is 5.32 Å². The Labute approximate surface area is 175 Å². The number of aryl methyl sites for hydroxylation is 2. The lowest BCUT2D eigenvalue weighted by molar-refractivity contribution is -0.142. The van der Waals surface area contributed by atoms with E-state index in [2.05, 4.69) is 11.4 Å². The van der Waals surface area contributed by atoms with E-state index in [-0.39, 0.29) is 17.4 Å². The Balaban J connectivity index is 2.22. The molecule has 2 aromatic rings. The standard InChI is InChI=1S/C25H34N2O2/c1-6-22(24(29)26-25(3,4)5)27(18-21-14-10-11-19(2)17-21)23(28)16-15-20-12-8-7-9-13-20/h7-14,17,22H,6,15-16,18H2,1-5H3,(H,26,29)/t22-/m1/s1. The van der Waals surface area contributed by atoms with Gasteiger partial charge in [-0.2, -0.15) is 0 Å². The molecule has 0 saturated heterocycles. The van der Waals surface area contributed by atoms with Gasteiger partial charge < -0.3 is 10.2 Å². The Kier molecular flexibility index (Phi) is 8.00. The number of amides is 2. The smallest absolute Gasteiger partial charge is 0.243 e. The van der Waals surface area contributed by atoms with E-state index in [0.717, 1.165) is 16.7 Å². The first-order valence-electron chi connectivity index (χ1n) is 10.4. The van der Waals surface area contributed by atoms with Crippen LogP contribution in [0.15, 0.2) is 54.6 Å². The van der Waals surface area contributed by atoms with Gasteiger partial charge >= 0.3 is 0 Å². The number of carbonyl (C=O) groups is 2. The summed E-state index contributed by atoms with van der Waals surface area (Å²) in [7, 11) is 0. The summed E-state index contributed by atoms with van der Waals surface area (Å²) in [6.07, 6.45) is 1.63. The number of carbonyl (C=O) groups excluding carboxylic acids is 2. The molecule has 0 aromatic heterocycles. The van der Waals surface area contributed by atoms with Crippen molar-refractivity contribution in [3.8, 4) is 0 Å². The Morgan fingerprint density at radius 2 is 1.66 bits per heavy atom. The second-order valence-corrected chi connectivity index (χ2v) is 8.66. The minimum Gasteiger partial charge on any atom is -0.350 e. The zero-order valence-corrected chi connectivity index (χ0v) is 18.4. The molecule has 0 aliphatic carbocycles. The van der Waals surface area contributed by atoms with Crippen LogP contribution >= 0.6 is 0 Å². The summed E-state index contributed by atoms with van der Waals surface area (Å²) in [6, 6.07) is 17.6. The summed E-state index contributed by atoms with van der Waals surface area (Å²) in [5.74, 6) is -0.0908. The lowest BCUT2D eigenvalue weighted by Crippen LogP contribution is -2.53. The van der Waals surface area contributed by atoms with Gasteiger partial charge in [0.25, 0.3) is 0 Å². The third-order valence-corrected chi connectivity index (χ3v) is 4.79. The predicted octanol–water partition coefficient (Wildman–Crippen LogP) is 4.65. The fraction of sp³-hybridized carbons (Fsp3) is 0.440. The van der Waals surface area contributed by atoms with E-state index in [9.17, 15) is 9.59 Å². The number of benzene rings is 2. The van der Waals surface area contributed by atoms with E-state index in [0.29, 0.717) is 25.8 Å². The average Bonchev–Trinajstić information content (AvgIpc) is 2.65. The SMILES string of the molecule is CC[C@H](C(=O)NC(C)(C)C)N(Cc1cccc(C)c1)C(=O)CCc1ccccc1. The molecule has 2 rings (SSSR count). The van der Waals surface area contributed by atoms with Crippen LogP contribution in [0.3, 0.4) is 0 Å². The first-order valence-corrected chi connectivity index (χ1v) is 10.4. The first-order chi connectivity index (χ1) is 13.7. The van der Waals surface area contributed by atoms with Gasteiger partial charge in [0, 0.05) is 18.5 Å². The van der Waals surface area contributed by atoms with Gasteiger partial charge in [0.1, 0.15) is 6.04 Å². The van der Waals surface area contributed by atoms with Crippen LogP contribution in [0.25, 0.3) is 0 Å². The fourth-order valence-corrected chi connectivity index (χ4v) is 3.42. The highest BCUT2D eigenvalue weighted by molar-refractivity contribution is 5.88. The van der Waals surface area contributed by atoms with Crippen molar-refractivity contribution in [3.05, 3.63) is 71.3 Å². The molecule has 0 fully saturated rings. The molecule has 4 nitrogen and oxygen atoms in total. The van der Waals surface area contributed by atoms with Crippen LogP contribution in [0.1, 0.15) is 57.2 Å². The quantitative estimate of drug-likeness (QED) is 0.708. The summed E-state index contributed by atoms with van der Waals surface area (Å²) in [5.41, 5.74) is 2.97. The van der Waals surface area contributed by atoms with Gasteiger partial charge in [0.05, 0.1) is 0 Å². The lowest BCUT2D eigenvalue weighted by Gasteiger charge is -2.33. The van der Waals surface area contributed by atoms with Crippen molar-refractivity contribution in [1.29, 1.82) is 0 Å². The summed E-state index contributed by atoms with van der Waals surface area (Å²) in [4.78, 5) is 27.9. The van der Waals surface area contributed by atoms with Crippen LogP contribution in [0.2, 0.25) is 0 Å². The second-order valence-electron chi connectivity index (χ2n) is 8.66. The van der Waals surface area contributed by atoms with Crippen molar-refractivity contribution >= 4 is 11.8 Å². The number of hydrogen-bond donors (Lipinski definition) is 1. The number of hydrogen-bond acceptors (Lipinski definition) is 2. The lowest BCUT2D eigenvalue weighted by atomic mass is 10.0. The number of nitrogens with one attached hydrogen (secondary N) is 1. The predicted molar refractivity (Wildman–Crippen MR) is 118 cm³/mol. The normalized spacial score (nSPS) is 12.3. The van der Waals surface area contributed by atoms with Gasteiger partial charge in [-0.15, -0.1) is 0 Å². The highest BCUT2D eigenvalue weighted by Crippen LogP contribution is 2.17. The molecule has 2 aromatic carbocycles. The summed E-state index contributed by atoms with van der Waals surface area (Å²) in [5, 5.41) is 3.04. The van der Waals surface area contributed by atoms with E-state index < -0.39 is 6.04 Å². The maximum Gasteiger partial charge on any atom is 0.243 e. The summed E-state index contributed by atoms with van der Waals surface area (Å²) < 4.78 is 0. The monoisotopic (exact) mass is 394 g/mol. The van der Waals surface area contributed by atoms with Crippen molar-refractivity contribution < 1.29 is 9.59 Å². The Bertz CT molecular complexity index is 809. The van der Waals surface area contributed by atoms with Crippen LogP contribution in [0.5, 0.6) is 0 Å². The maximum atomic E-state index is 13.2. The van der Waals surface area contributed by atoms with Gasteiger partial charge in [0.2, 0.25) is 11.8 Å². The summed E-state index contributed by atoms with van der Waals surface area (Å²) >= 11 is 0. The molecule has 0 spiro atoms. The second kappa shape index (κ2) is 10.2. The van der Waals surface area contributed by atoms with Crippen LogP contribution in [-0.2, 0) is 22.6 Å². The minimum atomic E-state index is -0.488. The van der Waals surface area contributed by atoms with Gasteiger partial charge in [-0.1, -0.05) is 67.1 Å². The Morgan fingerprint density at radius 3 is 2.24 bits per heavy atom. The van der Waals surface area contributed by atoms with Crippen LogP contribution in [0, 0.1) is 6.92 Å². The molecule has 2 amide bonds. The molecule has 0 heterocycles. The summed E-state index contributed by atoms with van der Waals surface area (Å²) in [6.45, 7) is 10.3. The maximum absolute atomic E-state index is 13.2. The molecule has 156 valence electrons. The van der Waals surface area contributed by atoms with E-state index in [4.69, 9.17) is 0 Å². The third-order valence-electron chi connectivity index (χ3n) is 4.79. The van der Waals surface area contributed by atoms with Gasteiger partial charge in [-0.3, -0.25) is 9.59 Å².